The van der Waals surface area contributed by atoms with Crippen LogP contribution in [0, 0.1) is 5.41 Å². The summed E-state index contributed by atoms with van der Waals surface area (Å²) in [6, 6.07) is 5.13. The Bertz CT molecular complexity index is 718. The highest BCUT2D eigenvalue weighted by atomic mass is 35.5. The van der Waals surface area contributed by atoms with Gasteiger partial charge in [0.05, 0.1) is 18.2 Å². The molecule has 2 atom stereocenters. The SMILES string of the molecule is CC(C)(C)C1(Cn2cncn2)OCC(COc2ccc(Cl)cc2Cl)O1. The van der Waals surface area contributed by atoms with Crippen molar-refractivity contribution in [3.05, 3.63) is 40.9 Å². The number of aromatic nitrogens is 3. The maximum absolute atomic E-state index is 6.27. The molecule has 0 saturated carbocycles. The van der Waals surface area contributed by atoms with Crippen molar-refractivity contribution in [2.24, 2.45) is 5.41 Å². The van der Waals surface area contributed by atoms with Crippen molar-refractivity contribution in [1.82, 2.24) is 14.8 Å². The molecule has 1 aromatic heterocycles. The van der Waals surface area contributed by atoms with Crippen molar-refractivity contribution in [2.45, 2.75) is 39.2 Å². The standard InChI is InChI=1S/C17H21Cl2N3O3/c1-16(2,3)17(9-22-11-20-10-21-22)24-8-13(25-17)7-23-15-5-4-12(18)6-14(15)19/h4-6,10-11,13H,7-9H2,1-3H3. The summed E-state index contributed by atoms with van der Waals surface area (Å²) in [5, 5.41) is 5.20. The normalized spacial score (nSPS) is 23.8. The van der Waals surface area contributed by atoms with Crippen molar-refractivity contribution in [3.8, 4) is 5.75 Å². The predicted molar refractivity (Wildman–Crippen MR) is 95.0 cm³/mol. The van der Waals surface area contributed by atoms with Crippen LogP contribution in [-0.2, 0) is 16.0 Å². The second-order valence-electron chi connectivity index (χ2n) is 7.03. The summed E-state index contributed by atoms with van der Waals surface area (Å²) in [4.78, 5) is 3.98. The van der Waals surface area contributed by atoms with Crippen LogP contribution in [0.1, 0.15) is 20.8 Å². The van der Waals surface area contributed by atoms with Crippen LogP contribution in [0.3, 0.4) is 0 Å². The van der Waals surface area contributed by atoms with Crippen LogP contribution in [-0.4, -0.2) is 39.9 Å². The summed E-state index contributed by atoms with van der Waals surface area (Å²) >= 11 is 12.0. The molecule has 2 heterocycles. The van der Waals surface area contributed by atoms with E-state index < -0.39 is 5.79 Å². The number of halogens is 2. The van der Waals surface area contributed by atoms with Gasteiger partial charge in [0.2, 0.25) is 0 Å². The zero-order valence-corrected chi connectivity index (χ0v) is 15.9. The topological polar surface area (TPSA) is 58.4 Å². The van der Waals surface area contributed by atoms with E-state index in [1.165, 1.54) is 6.33 Å². The number of nitrogens with zero attached hydrogens (tertiary/aromatic N) is 3. The Balaban J connectivity index is 1.67. The number of benzene rings is 1. The lowest BCUT2D eigenvalue weighted by molar-refractivity contribution is -0.242. The minimum Gasteiger partial charge on any atom is -0.489 e. The Labute approximate surface area is 157 Å². The molecule has 8 heteroatoms. The van der Waals surface area contributed by atoms with Gasteiger partial charge in [0, 0.05) is 10.4 Å². The van der Waals surface area contributed by atoms with E-state index in [1.807, 2.05) is 0 Å². The smallest absolute Gasteiger partial charge is 0.193 e. The largest absolute Gasteiger partial charge is 0.489 e. The molecule has 0 N–H and O–H groups in total. The van der Waals surface area contributed by atoms with E-state index in [1.54, 1.807) is 29.2 Å². The Kier molecular flexibility index (Phi) is 5.25. The van der Waals surface area contributed by atoms with E-state index in [9.17, 15) is 0 Å². The first-order valence-corrected chi connectivity index (χ1v) is 8.77. The summed E-state index contributed by atoms with van der Waals surface area (Å²) < 4.78 is 19.9. The summed E-state index contributed by atoms with van der Waals surface area (Å²) in [7, 11) is 0. The molecule has 1 aliphatic heterocycles. The molecule has 6 nitrogen and oxygen atoms in total. The molecule has 1 aromatic carbocycles. The van der Waals surface area contributed by atoms with Crippen LogP contribution in [0.2, 0.25) is 10.0 Å². The predicted octanol–water partition coefficient (Wildman–Crippen LogP) is 3.82. The van der Waals surface area contributed by atoms with Crippen molar-refractivity contribution in [3.63, 3.8) is 0 Å². The van der Waals surface area contributed by atoms with Gasteiger partial charge in [0.15, 0.2) is 5.79 Å². The first-order valence-electron chi connectivity index (χ1n) is 8.01. The van der Waals surface area contributed by atoms with Crippen LogP contribution in [0.5, 0.6) is 5.75 Å². The maximum Gasteiger partial charge on any atom is 0.193 e. The molecule has 3 rings (SSSR count). The first-order chi connectivity index (χ1) is 11.8. The van der Waals surface area contributed by atoms with Gasteiger partial charge in [0.1, 0.15) is 31.1 Å². The molecule has 2 unspecified atom stereocenters. The van der Waals surface area contributed by atoms with Gasteiger partial charge in [-0.15, -0.1) is 0 Å². The minimum absolute atomic E-state index is 0.213. The highest BCUT2D eigenvalue weighted by molar-refractivity contribution is 6.35. The van der Waals surface area contributed by atoms with Crippen LogP contribution in [0.25, 0.3) is 0 Å². The molecule has 1 fully saturated rings. The number of ether oxygens (including phenoxy) is 3. The second kappa shape index (κ2) is 7.11. The van der Waals surface area contributed by atoms with E-state index in [0.29, 0.717) is 35.6 Å². The molecule has 0 aliphatic carbocycles. The van der Waals surface area contributed by atoms with E-state index in [0.717, 1.165) is 0 Å². The average Bonchev–Trinajstić information content (AvgIpc) is 3.17. The van der Waals surface area contributed by atoms with Crippen LogP contribution in [0.4, 0.5) is 0 Å². The highest BCUT2D eigenvalue weighted by Gasteiger charge is 2.51. The lowest BCUT2D eigenvalue weighted by Gasteiger charge is -2.39. The summed E-state index contributed by atoms with van der Waals surface area (Å²) in [5.41, 5.74) is -0.258. The van der Waals surface area contributed by atoms with Gasteiger partial charge in [-0.3, -0.25) is 0 Å². The van der Waals surface area contributed by atoms with Crippen molar-refractivity contribution < 1.29 is 14.2 Å². The average molecular weight is 386 g/mol. The lowest BCUT2D eigenvalue weighted by Crippen LogP contribution is -2.48. The summed E-state index contributed by atoms with van der Waals surface area (Å²) in [6.45, 7) is 7.43. The van der Waals surface area contributed by atoms with Crippen LogP contribution < -0.4 is 4.74 Å². The van der Waals surface area contributed by atoms with Crippen LogP contribution in [0.15, 0.2) is 30.9 Å². The second-order valence-corrected chi connectivity index (χ2v) is 7.88. The number of hydrogen-bond donors (Lipinski definition) is 0. The Morgan fingerprint density at radius 1 is 1.36 bits per heavy atom. The maximum atomic E-state index is 6.27. The van der Waals surface area contributed by atoms with Crippen molar-refractivity contribution in [2.75, 3.05) is 13.2 Å². The molecule has 1 aliphatic rings. The van der Waals surface area contributed by atoms with Gasteiger partial charge < -0.3 is 14.2 Å². The zero-order chi connectivity index (χ0) is 18.1. The molecule has 0 radical (unpaired) electrons. The molecule has 136 valence electrons. The fraction of sp³-hybridized carbons (Fsp3) is 0.529. The fourth-order valence-corrected chi connectivity index (χ4v) is 3.13. The molecule has 2 aromatic rings. The first kappa shape index (κ1) is 18.5. The van der Waals surface area contributed by atoms with E-state index in [4.69, 9.17) is 37.4 Å². The Hall–Kier alpha value is -1.34. The number of rotatable bonds is 5. The summed E-state index contributed by atoms with van der Waals surface area (Å²) in [6.07, 6.45) is 2.93. The Morgan fingerprint density at radius 3 is 2.80 bits per heavy atom. The number of hydrogen-bond acceptors (Lipinski definition) is 5. The highest BCUT2D eigenvalue weighted by Crippen LogP contribution is 2.41. The third-order valence-electron chi connectivity index (χ3n) is 4.16. The van der Waals surface area contributed by atoms with Crippen molar-refractivity contribution >= 4 is 23.2 Å². The fourth-order valence-electron chi connectivity index (χ4n) is 2.66. The van der Waals surface area contributed by atoms with Crippen LogP contribution >= 0.6 is 23.2 Å². The summed E-state index contributed by atoms with van der Waals surface area (Å²) in [5.74, 6) is -0.238. The third kappa shape index (κ3) is 4.08. The van der Waals surface area contributed by atoms with E-state index in [2.05, 4.69) is 30.9 Å². The molecule has 25 heavy (non-hydrogen) atoms. The van der Waals surface area contributed by atoms with Gasteiger partial charge in [-0.05, 0) is 18.2 Å². The van der Waals surface area contributed by atoms with E-state index >= 15 is 0 Å². The van der Waals surface area contributed by atoms with Gasteiger partial charge >= 0.3 is 0 Å². The molecule has 1 saturated heterocycles. The Morgan fingerprint density at radius 2 is 2.16 bits per heavy atom. The molecule has 0 amide bonds. The van der Waals surface area contributed by atoms with Gasteiger partial charge in [-0.2, -0.15) is 5.10 Å². The van der Waals surface area contributed by atoms with Crippen molar-refractivity contribution in [1.29, 1.82) is 0 Å². The van der Waals surface area contributed by atoms with Gasteiger partial charge in [-0.1, -0.05) is 44.0 Å². The zero-order valence-electron chi connectivity index (χ0n) is 14.4. The molecule has 0 spiro atoms. The molecular formula is C17H21Cl2N3O3. The van der Waals surface area contributed by atoms with Gasteiger partial charge in [-0.25, -0.2) is 9.67 Å². The third-order valence-corrected chi connectivity index (χ3v) is 4.69. The molecule has 0 bridgehead atoms. The molecular weight excluding hydrogens is 365 g/mol. The van der Waals surface area contributed by atoms with E-state index in [-0.39, 0.29) is 11.5 Å². The lowest BCUT2D eigenvalue weighted by atomic mass is 9.85. The minimum atomic E-state index is -0.807. The monoisotopic (exact) mass is 385 g/mol. The quantitative estimate of drug-likeness (QED) is 0.782. The van der Waals surface area contributed by atoms with Gasteiger partial charge in [0.25, 0.3) is 0 Å².